The van der Waals surface area contributed by atoms with Crippen molar-refractivity contribution < 1.29 is 19.2 Å². The summed E-state index contributed by atoms with van der Waals surface area (Å²) >= 11 is 0. The third-order valence-corrected chi connectivity index (χ3v) is 2.47. The maximum atomic E-state index is 11.9. The number of carbonyl (C=O) groups excluding carboxylic acids is 1. The van der Waals surface area contributed by atoms with E-state index in [1.54, 1.807) is 20.8 Å². The number of carboxylic acid groups (broad SMARTS) is 1. The van der Waals surface area contributed by atoms with Gasteiger partial charge in [-0.1, -0.05) is 19.0 Å². The topological polar surface area (TPSA) is 83.6 Å². The fraction of sp³-hybridized carbons (Fsp3) is 0.545. The Balaban J connectivity index is 2.91. The molecule has 1 unspecified atom stereocenters. The molecule has 0 aliphatic rings. The summed E-state index contributed by atoms with van der Waals surface area (Å²) in [5.41, 5.74) is 0.122. The quantitative estimate of drug-likeness (QED) is 0.853. The van der Waals surface area contributed by atoms with E-state index in [-0.39, 0.29) is 11.6 Å². The predicted molar refractivity (Wildman–Crippen MR) is 59.6 cm³/mol. The van der Waals surface area contributed by atoms with Crippen LogP contribution >= 0.6 is 0 Å². The van der Waals surface area contributed by atoms with E-state index >= 15 is 0 Å². The van der Waals surface area contributed by atoms with Gasteiger partial charge < -0.3 is 14.5 Å². The molecule has 1 aromatic heterocycles. The van der Waals surface area contributed by atoms with Gasteiger partial charge in [0.05, 0.1) is 0 Å². The monoisotopic (exact) mass is 240 g/mol. The molecule has 0 saturated heterocycles. The maximum Gasteiger partial charge on any atom is 0.326 e. The zero-order chi connectivity index (χ0) is 13.2. The average Bonchev–Trinajstić information content (AvgIpc) is 2.62. The van der Waals surface area contributed by atoms with Crippen molar-refractivity contribution in [2.24, 2.45) is 5.92 Å². The molecule has 1 amide bonds. The predicted octanol–water partition coefficient (Wildman–Crippen LogP) is 1.16. The average molecular weight is 240 g/mol. The summed E-state index contributed by atoms with van der Waals surface area (Å²) in [6.07, 6.45) is 0. The second kappa shape index (κ2) is 4.99. The SMILES string of the molecule is Cc1cc(C(=O)N(C)C(C(=O)O)C(C)C)no1. The van der Waals surface area contributed by atoms with Gasteiger partial charge in [-0.2, -0.15) is 0 Å². The third kappa shape index (κ3) is 2.83. The van der Waals surface area contributed by atoms with Crippen LogP contribution in [0.4, 0.5) is 0 Å². The Morgan fingerprint density at radius 2 is 2.06 bits per heavy atom. The molecule has 0 fully saturated rings. The molecule has 6 nitrogen and oxygen atoms in total. The molecule has 6 heteroatoms. The number of carboxylic acids is 1. The lowest BCUT2D eigenvalue weighted by molar-refractivity contribution is -0.143. The Hall–Kier alpha value is -1.85. The van der Waals surface area contributed by atoms with Gasteiger partial charge in [0.2, 0.25) is 0 Å². The van der Waals surface area contributed by atoms with E-state index in [1.165, 1.54) is 18.0 Å². The van der Waals surface area contributed by atoms with Crippen molar-refractivity contribution in [3.63, 3.8) is 0 Å². The molecular formula is C11H16N2O4. The molecule has 17 heavy (non-hydrogen) atoms. The normalized spacial score (nSPS) is 12.5. The van der Waals surface area contributed by atoms with Crippen molar-refractivity contribution in [2.75, 3.05) is 7.05 Å². The number of hydrogen-bond donors (Lipinski definition) is 1. The van der Waals surface area contributed by atoms with Gasteiger partial charge >= 0.3 is 5.97 Å². The molecule has 0 saturated carbocycles. The fourth-order valence-electron chi connectivity index (χ4n) is 1.67. The zero-order valence-electron chi connectivity index (χ0n) is 10.3. The number of aromatic nitrogens is 1. The zero-order valence-corrected chi connectivity index (χ0v) is 10.3. The van der Waals surface area contributed by atoms with E-state index in [0.29, 0.717) is 5.76 Å². The lowest BCUT2D eigenvalue weighted by Crippen LogP contribution is -2.45. The van der Waals surface area contributed by atoms with E-state index in [9.17, 15) is 9.59 Å². The smallest absolute Gasteiger partial charge is 0.326 e. The molecule has 94 valence electrons. The van der Waals surface area contributed by atoms with Crippen LogP contribution in [-0.4, -0.2) is 40.1 Å². The van der Waals surface area contributed by atoms with E-state index in [0.717, 1.165) is 0 Å². The molecule has 0 aromatic carbocycles. The Morgan fingerprint density at radius 1 is 1.47 bits per heavy atom. The molecule has 1 N–H and O–H groups in total. The third-order valence-electron chi connectivity index (χ3n) is 2.47. The van der Waals surface area contributed by atoms with Crippen molar-refractivity contribution in [3.8, 4) is 0 Å². The highest BCUT2D eigenvalue weighted by Crippen LogP contribution is 2.13. The number of aryl methyl sites for hydroxylation is 1. The lowest BCUT2D eigenvalue weighted by Gasteiger charge is -2.26. The summed E-state index contributed by atoms with van der Waals surface area (Å²) in [4.78, 5) is 24.2. The van der Waals surface area contributed by atoms with Crippen LogP contribution in [0.1, 0.15) is 30.1 Å². The second-order valence-electron chi connectivity index (χ2n) is 4.27. The van der Waals surface area contributed by atoms with E-state index in [2.05, 4.69) is 5.16 Å². The first-order valence-electron chi connectivity index (χ1n) is 5.28. The van der Waals surface area contributed by atoms with Crippen LogP contribution in [0.15, 0.2) is 10.6 Å². The van der Waals surface area contributed by atoms with Gasteiger partial charge in [0, 0.05) is 13.1 Å². The maximum absolute atomic E-state index is 11.9. The summed E-state index contributed by atoms with van der Waals surface area (Å²) in [6, 6.07) is 0.609. The molecule has 0 radical (unpaired) electrons. The van der Waals surface area contributed by atoms with Gasteiger partial charge in [-0.05, 0) is 12.8 Å². The van der Waals surface area contributed by atoms with Gasteiger partial charge in [0.15, 0.2) is 5.69 Å². The largest absolute Gasteiger partial charge is 0.480 e. The Kier molecular flexibility index (Phi) is 3.88. The molecule has 0 bridgehead atoms. The number of aliphatic carboxylic acids is 1. The van der Waals surface area contributed by atoms with Crippen LogP contribution in [0.2, 0.25) is 0 Å². The van der Waals surface area contributed by atoms with Crippen LogP contribution in [0.25, 0.3) is 0 Å². The molecule has 1 rings (SSSR count). The van der Waals surface area contributed by atoms with Gasteiger partial charge in [-0.25, -0.2) is 4.79 Å². The molecule has 0 aliphatic carbocycles. The fourth-order valence-corrected chi connectivity index (χ4v) is 1.67. The van der Waals surface area contributed by atoms with Gasteiger partial charge in [-0.3, -0.25) is 4.79 Å². The number of carbonyl (C=O) groups is 2. The van der Waals surface area contributed by atoms with Crippen molar-refractivity contribution in [3.05, 3.63) is 17.5 Å². The summed E-state index contributed by atoms with van der Waals surface area (Å²) in [5, 5.41) is 12.7. The highest BCUT2D eigenvalue weighted by Gasteiger charge is 2.31. The van der Waals surface area contributed by atoms with Crippen LogP contribution in [-0.2, 0) is 4.79 Å². The number of rotatable bonds is 4. The first kappa shape index (κ1) is 13.2. The highest BCUT2D eigenvalue weighted by atomic mass is 16.5. The number of amides is 1. The lowest BCUT2D eigenvalue weighted by atomic mass is 10.0. The summed E-state index contributed by atoms with van der Waals surface area (Å²) in [6.45, 7) is 5.16. The van der Waals surface area contributed by atoms with Crippen molar-refractivity contribution >= 4 is 11.9 Å². The highest BCUT2D eigenvalue weighted by molar-refractivity contribution is 5.94. The second-order valence-corrected chi connectivity index (χ2v) is 4.27. The van der Waals surface area contributed by atoms with Gasteiger partial charge in [0.1, 0.15) is 11.8 Å². The first-order chi connectivity index (χ1) is 7.84. The van der Waals surface area contributed by atoms with Crippen LogP contribution < -0.4 is 0 Å². The number of likely N-dealkylation sites (N-methyl/N-ethyl adjacent to an activating group) is 1. The standard InChI is InChI=1S/C11H16N2O4/c1-6(2)9(11(15)16)13(4)10(14)8-5-7(3)17-12-8/h5-6,9H,1-4H3,(H,15,16). The van der Waals surface area contributed by atoms with Crippen molar-refractivity contribution in [1.82, 2.24) is 10.1 Å². The van der Waals surface area contributed by atoms with E-state index in [4.69, 9.17) is 9.63 Å². The minimum absolute atomic E-state index is 0.122. The van der Waals surface area contributed by atoms with Crippen LogP contribution in [0.5, 0.6) is 0 Å². The van der Waals surface area contributed by atoms with Crippen LogP contribution in [0.3, 0.4) is 0 Å². The Morgan fingerprint density at radius 3 is 2.41 bits per heavy atom. The molecule has 1 heterocycles. The minimum atomic E-state index is -1.03. The van der Waals surface area contributed by atoms with E-state index in [1.807, 2.05) is 0 Å². The van der Waals surface area contributed by atoms with Crippen LogP contribution in [0, 0.1) is 12.8 Å². The number of nitrogens with zero attached hydrogens (tertiary/aromatic N) is 2. The molecular weight excluding hydrogens is 224 g/mol. The Bertz CT molecular complexity index is 425. The molecule has 1 atom stereocenters. The molecule has 0 spiro atoms. The van der Waals surface area contributed by atoms with Gasteiger partial charge in [0.25, 0.3) is 5.91 Å². The summed E-state index contributed by atoms with van der Waals surface area (Å²) in [7, 11) is 1.45. The molecule has 1 aromatic rings. The minimum Gasteiger partial charge on any atom is -0.480 e. The van der Waals surface area contributed by atoms with Gasteiger partial charge in [-0.15, -0.1) is 0 Å². The number of hydrogen-bond acceptors (Lipinski definition) is 4. The summed E-state index contributed by atoms with van der Waals surface area (Å²) in [5.74, 6) is -1.16. The van der Waals surface area contributed by atoms with Crippen molar-refractivity contribution in [2.45, 2.75) is 26.8 Å². The molecule has 0 aliphatic heterocycles. The van der Waals surface area contributed by atoms with Crippen molar-refractivity contribution in [1.29, 1.82) is 0 Å². The van der Waals surface area contributed by atoms with E-state index < -0.39 is 17.9 Å². The first-order valence-corrected chi connectivity index (χ1v) is 5.28. The Labute approximate surface area is 99.2 Å². The summed E-state index contributed by atoms with van der Waals surface area (Å²) < 4.78 is 4.79.